The Morgan fingerprint density at radius 2 is 1.44 bits per heavy atom. The zero-order valence-electron chi connectivity index (χ0n) is 19.5. The summed E-state index contributed by atoms with van der Waals surface area (Å²) < 4.78 is 10.4. The van der Waals surface area contributed by atoms with Crippen LogP contribution >= 0.6 is 12.2 Å². The van der Waals surface area contributed by atoms with Crippen LogP contribution in [0.25, 0.3) is 6.08 Å². The predicted octanol–water partition coefficient (Wildman–Crippen LogP) is 3.31. The first-order valence-corrected chi connectivity index (χ1v) is 11.1. The summed E-state index contributed by atoms with van der Waals surface area (Å²) >= 11 is 5.04. The Balaban J connectivity index is 1.46. The summed E-state index contributed by atoms with van der Waals surface area (Å²) in [6.45, 7) is 0. The number of methoxy groups -OCH3 is 2. The second kappa shape index (κ2) is 12.7. The van der Waals surface area contributed by atoms with Crippen LogP contribution in [0, 0.1) is 0 Å². The third kappa shape index (κ3) is 7.40. The number of hydrogen-bond donors (Lipinski definition) is 4. The third-order valence-corrected chi connectivity index (χ3v) is 5.01. The van der Waals surface area contributed by atoms with E-state index in [4.69, 9.17) is 21.7 Å². The number of benzene rings is 3. The molecular formula is C26H24N4O5S. The number of amides is 3. The van der Waals surface area contributed by atoms with Crippen molar-refractivity contribution in [2.24, 2.45) is 0 Å². The van der Waals surface area contributed by atoms with E-state index in [9.17, 15) is 14.4 Å². The molecule has 0 saturated heterocycles. The molecule has 0 bridgehead atoms. The molecule has 3 aromatic rings. The number of carbonyl (C=O) groups excluding carboxylic acids is 3. The van der Waals surface area contributed by atoms with Gasteiger partial charge >= 0.3 is 0 Å². The average molecular weight is 505 g/mol. The largest absolute Gasteiger partial charge is 0.493 e. The summed E-state index contributed by atoms with van der Waals surface area (Å²) in [5, 5.41) is 5.10. The number of ether oxygens (including phenoxy) is 2. The highest BCUT2D eigenvalue weighted by Gasteiger charge is 2.09. The molecule has 0 saturated carbocycles. The smallest absolute Gasteiger partial charge is 0.269 e. The normalized spacial score (nSPS) is 10.3. The Kier molecular flexibility index (Phi) is 9.12. The number of thiocarbonyl (C=S) groups is 1. The van der Waals surface area contributed by atoms with Gasteiger partial charge in [-0.3, -0.25) is 30.6 Å². The van der Waals surface area contributed by atoms with E-state index in [1.807, 2.05) is 6.07 Å². The molecule has 0 aliphatic carbocycles. The molecular weight excluding hydrogens is 480 g/mol. The van der Waals surface area contributed by atoms with Crippen molar-refractivity contribution in [2.75, 3.05) is 19.5 Å². The van der Waals surface area contributed by atoms with Gasteiger partial charge in [-0.15, -0.1) is 0 Å². The van der Waals surface area contributed by atoms with Gasteiger partial charge < -0.3 is 14.8 Å². The van der Waals surface area contributed by atoms with Gasteiger partial charge in [-0.2, -0.15) is 0 Å². The predicted molar refractivity (Wildman–Crippen MR) is 141 cm³/mol. The van der Waals surface area contributed by atoms with Gasteiger partial charge in [0.25, 0.3) is 11.8 Å². The van der Waals surface area contributed by atoms with Crippen LogP contribution in [0.3, 0.4) is 0 Å². The minimum absolute atomic E-state index is 0.0861. The van der Waals surface area contributed by atoms with Crippen molar-refractivity contribution >= 4 is 46.8 Å². The van der Waals surface area contributed by atoms with Gasteiger partial charge in [-0.25, -0.2) is 0 Å². The Bertz CT molecular complexity index is 1280. The molecule has 0 aromatic heterocycles. The van der Waals surface area contributed by atoms with E-state index in [2.05, 4.69) is 21.5 Å². The van der Waals surface area contributed by atoms with Crippen molar-refractivity contribution in [3.05, 3.63) is 95.6 Å². The number of hydrazine groups is 1. The SMILES string of the molecule is COc1ccc(/C=C/C(=O)NC(=S)NNC(=O)c2ccc(NC(=O)c3ccccc3)cc2)cc1OC. The standard InChI is InChI=1S/C26H24N4O5S/c1-34-21-14-8-17(16-22(21)35-2)9-15-23(31)28-26(36)30-29-25(33)19-10-12-20(13-11-19)27-24(32)18-6-4-3-5-7-18/h3-16H,1-2H3,(H,27,32)(H,29,33)(H2,28,30,31,36)/b15-9+. The molecule has 10 heteroatoms. The lowest BCUT2D eigenvalue weighted by molar-refractivity contribution is -0.115. The van der Waals surface area contributed by atoms with E-state index in [-0.39, 0.29) is 11.0 Å². The molecule has 4 N–H and O–H groups in total. The van der Waals surface area contributed by atoms with Crippen molar-refractivity contribution < 1.29 is 23.9 Å². The van der Waals surface area contributed by atoms with Gasteiger partial charge in [0, 0.05) is 22.9 Å². The van der Waals surface area contributed by atoms with E-state index < -0.39 is 11.8 Å². The number of nitrogens with one attached hydrogen (secondary N) is 4. The molecule has 36 heavy (non-hydrogen) atoms. The average Bonchev–Trinajstić information content (AvgIpc) is 2.91. The zero-order valence-corrected chi connectivity index (χ0v) is 20.3. The van der Waals surface area contributed by atoms with Gasteiger partial charge in [0.1, 0.15) is 0 Å². The van der Waals surface area contributed by atoms with Crippen molar-refractivity contribution in [3.63, 3.8) is 0 Å². The maximum absolute atomic E-state index is 12.3. The van der Waals surface area contributed by atoms with E-state index in [1.54, 1.807) is 72.8 Å². The molecule has 9 nitrogen and oxygen atoms in total. The van der Waals surface area contributed by atoms with Crippen LogP contribution < -0.4 is 31.0 Å². The summed E-state index contributed by atoms with van der Waals surface area (Å²) in [6, 6.07) is 20.3. The van der Waals surface area contributed by atoms with Crippen LogP contribution in [0.4, 0.5) is 5.69 Å². The second-order valence-corrected chi connectivity index (χ2v) is 7.65. The quantitative estimate of drug-likeness (QED) is 0.222. The minimum atomic E-state index is -0.491. The molecule has 0 heterocycles. The summed E-state index contributed by atoms with van der Waals surface area (Å²) in [4.78, 5) is 36.7. The summed E-state index contributed by atoms with van der Waals surface area (Å²) in [7, 11) is 3.06. The Labute approximate surface area is 213 Å². The van der Waals surface area contributed by atoms with E-state index in [1.165, 1.54) is 20.3 Å². The van der Waals surface area contributed by atoms with Crippen LogP contribution in [0.5, 0.6) is 11.5 Å². The zero-order chi connectivity index (χ0) is 25.9. The topological polar surface area (TPSA) is 118 Å². The molecule has 0 radical (unpaired) electrons. The van der Waals surface area contributed by atoms with Crippen molar-refractivity contribution in [2.45, 2.75) is 0 Å². The van der Waals surface area contributed by atoms with Crippen LogP contribution in [0.1, 0.15) is 26.3 Å². The second-order valence-electron chi connectivity index (χ2n) is 7.24. The van der Waals surface area contributed by atoms with Gasteiger partial charge in [-0.1, -0.05) is 24.3 Å². The Morgan fingerprint density at radius 3 is 2.11 bits per heavy atom. The summed E-state index contributed by atoms with van der Waals surface area (Å²) in [5.74, 6) is -0.113. The van der Waals surface area contributed by atoms with Crippen LogP contribution in [-0.4, -0.2) is 37.1 Å². The van der Waals surface area contributed by atoms with Crippen molar-refractivity contribution in [1.82, 2.24) is 16.2 Å². The van der Waals surface area contributed by atoms with Gasteiger partial charge in [0.2, 0.25) is 5.91 Å². The molecule has 3 amide bonds. The Hall–Kier alpha value is -4.70. The molecule has 0 atom stereocenters. The first kappa shape index (κ1) is 25.9. The van der Waals surface area contributed by atoms with Crippen LogP contribution in [0.15, 0.2) is 78.9 Å². The fraction of sp³-hybridized carbons (Fsp3) is 0.0769. The number of rotatable bonds is 7. The van der Waals surface area contributed by atoms with Crippen molar-refractivity contribution in [3.8, 4) is 11.5 Å². The third-order valence-electron chi connectivity index (χ3n) is 4.80. The van der Waals surface area contributed by atoms with Crippen LogP contribution in [-0.2, 0) is 4.79 Å². The first-order valence-electron chi connectivity index (χ1n) is 10.7. The molecule has 0 aliphatic heterocycles. The highest BCUT2D eigenvalue weighted by Crippen LogP contribution is 2.27. The number of hydrogen-bond acceptors (Lipinski definition) is 6. The lowest BCUT2D eigenvalue weighted by atomic mass is 10.1. The van der Waals surface area contributed by atoms with Gasteiger partial charge in [-0.05, 0) is 72.4 Å². The molecule has 184 valence electrons. The van der Waals surface area contributed by atoms with Gasteiger partial charge in [0.05, 0.1) is 14.2 Å². The van der Waals surface area contributed by atoms with Crippen LogP contribution in [0.2, 0.25) is 0 Å². The first-order chi connectivity index (χ1) is 17.4. The lowest BCUT2D eigenvalue weighted by Crippen LogP contribution is -2.48. The summed E-state index contributed by atoms with van der Waals surface area (Å²) in [6.07, 6.45) is 2.87. The monoisotopic (exact) mass is 504 g/mol. The summed E-state index contributed by atoms with van der Waals surface area (Å²) in [5.41, 5.74) is 6.98. The highest BCUT2D eigenvalue weighted by molar-refractivity contribution is 7.80. The fourth-order valence-electron chi connectivity index (χ4n) is 3.00. The molecule has 3 aromatic carbocycles. The maximum Gasteiger partial charge on any atom is 0.269 e. The minimum Gasteiger partial charge on any atom is -0.493 e. The molecule has 0 aliphatic rings. The molecule has 3 rings (SSSR count). The number of carbonyl (C=O) groups is 3. The van der Waals surface area contributed by atoms with Crippen molar-refractivity contribution in [1.29, 1.82) is 0 Å². The van der Waals surface area contributed by atoms with E-state index >= 15 is 0 Å². The fourth-order valence-corrected chi connectivity index (χ4v) is 3.15. The lowest BCUT2D eigenvalue weighted by Gasteiger charge is -2.10. The van der Waals surface area contributed by atoms with E-state index in [0.717, 1.165) is 5.56 Å². The highest BCUT2D eigenvalue weighted by atomic mass is 32.1. The molecule has 0 fully saturated rings. The molecule has 0 unspecified atom stereocenters. The molecule has 0 spiro atoms. The maximum atomic E-state index is 12.3. The Morgan fingerprint density at radius 1 is 0.778 bits per heavy atom. The van der Waals surface area contributed by atoms with Gasteiger partial charge in [0.15, 0.2) is 16.6 Å². The number of anilines is 1. The van der Waals surface area contributed by atoms with E-state index in [0.29, 0.717) is 28.3 Å².